The lowest BCUT2D eigenvalue weighted by atomic mass is 9.70. The van der Waals surface area contributed by atoms with Gasteiger partial charge >= 0.3 is 0 Å². The minimum absolute atomic E-state index is 0.0804. The summed E-state index contributed by atoms with van der Waals surface area (Å²) >= 11 is 0. The van der Waals surface area contributed by atoms with Crippen molar-refractivity contribution in [3.05, 3.63) is 41.1 Å². The van der Waals surface area contributed by atoms with Crippen LogP contribution in [-0.2, 0) is 17.6 Å². The van der Waals surface area contributed by atoms with E-state index in [1.807, 2.05) is 24.3 Å². The summed E-state index contributed by atoms with van der Waals surface area (Å²) < 4.78 is 0. The molecule has 1 saturated carbocycles. The van der Waals surface area contributed by atoms with Gasteiger partial charge in [0.1, 0.15) is 0 Å². The van der Waals surface area contributed by atoms with Crippen LogP contribution >= 0.6 is 0 Å². The number of aryl methyl sites for hydroxylation is 1. The lowest BCUT2D eigenvalue weighted by Gasteiger charge is -2.35. The lowest BCUT2D eigenvalue weighted by molar-refractivity contribution is -0.121. The standard InChI is InChI=1S/C24H31N3O2/c1-24(2,3)15-9-12-20-18(13-15)22(17-7-5-6-8-19(17)26-20)23(29)27(4)14-21(28)25-16-10-11-16/h5-8,15-16H,9-14H2,1-4H3,(H,25,28). The van der Waals surface area contributed by atoms with E-state index >= 15 is 0 Å². The zero-order valence-electron chi connectivity index (χ0n) is 17.9. The monoisotopic (exact) mass is 393 g/mol. The molecule has 29 heavy (non-hydrogen) atoms. The first-order valence-electron chi connectivity index (χ1n) is 10.7. The molecule has 1 atom stereocenters. The van der Waals surface area contributed by atoms with Gasteiger partial charge < -0.3 is 10.2 Å². The van der Waals surface area contributed by atoms with E-state index < -0.39 is 0 Å². The number of hydrogen-bond donors (Lipinski definition) is 1. The summed E-state index contributed by atoms with van der Waals surface area (Å²) in [6.45, 7) is 6.90. The summed E-state index contributed by atoms with van der Waals surface area (Å²) in [5, 5.41) is 3.86. The number of para-hydroxylation sites is 1. The van der Waals surface area contributed by atoms with E-state index in [4.69, 9.17) is 4.98 Å². The van der Waals surface area contributed by atoms with Crippen LogP contribution in [0.4, 0.5) is 0 Å². The Morgan fingerprint density at radius 3 is 2.59 bits per heavy atom. The van der Waals surface area contributed by atoms with E-state index in [1.165, 1.54) is 0 Å². The van der Waals surface area contributed by atoms with Gasteiger partial charge in [-0.2, -0.15) is 0 Å². The molecule has 2 aliphatic rings. The van der Waals surface area contributed by atoms with Crippen LogP contribution in [0.25, 0.3) is 10.9 Å². The van der Waals surface area contributed by atoms with Crippen LogP contribution in [0.2, 0.25) is 0 Å². The zero-order valence-corrected chi connectivity index (χ0v) is 17.9. The predicted molar refractivity (Wildman–Crippen MR) is 115 cm³/mol. The molecule has 0 spiro atoms. The van der Waals surface area contributed by atoms with E-state index in [-0.39, 0.29) is 23.8 Å². The van der Waals surface area contributed by atoms with Crippen LogP contribution in [0, 0.1) is 11.3 Å². The molecule has 1 aromatic carbocycles. The molecule has 1 N–H and O–H groups in total. The van der Waals surface area contributed by atoms with E-state index in [0.717, 1.165) is 59.8 Å². The fourth-order valence-corrected chi connectivity index (χ4v) is 4.35. The molecule has 1 heterocycles. The quantitative estimate of drug-likeness (QED) is 0.861. The third-order valence-corrected chi connectivity index (χ3v) is 6.37. The van der Waals surface area contributed by atoms with E-state index in [2.05, 4.69) is 26.1 Å². The number of carbonyl (C=O) groups excluding carboxylic acids is 2. The van der Waals surface area contributed by atoms with Crippen molar-refractivity contribution >= 4 is 22.7 Å². The molecule has 0 bridgehead atoms. The molecule has 2 aromatic rings. The average molecular weight is 394 g/mol. The Hall–Kier alpha value is -2.43. The third kappa shape index (κ3) is 4.14. The van der Waals surface area contributed by atoms with Crippen LogP contribution in [0.3, 0.4) is 0 Å². The molecule has 5 heteroatoms. The van der Waals surface area contributed by atoms with Crippen LogP contribution in [0.15, 0.2) is 24.3 Å². The maximum atomic E-state index is 13.5. The summed E-state index contributed by atoms with van der Waals surface area (Å²) in [6, 6.07) is 8.17. The number of carbonyl (C=O) groups is 2. The number of fused-ring (bicyclic) bond motifs is 2. The summed E-state index contributed by atoms with van der Waals surface area (Å²) in [5.74, 6) is 0.344. The molecule has 0 radical (unpaired) electrons. The Morgan fingerprint density at radius 2 is 1.90 bits per heavy atom. The van der Waals surface area contributed by atoms with E-state index in [1.54, 1.807) is 11.9 Å². The average Bonchev–Trinajstić information content (AvgIpc) is 3.48. The van der Waals surface area contributed by atoms with Crippen LogP contribution in [0.1, 0.15) is 61.6 Å². The number of rotatable bonds is 4. The van der Waals surface area contributed by atoms with Crippen molar-refractivity contribution < 1.29 is 9.59 Å². The maximum absolute atomic E-state index is 13.5. The van der Waals surface area contributed by atoms with Crippen LogP contribution < -0.4 is 5.32 Å². The van der Waals surface area contributed by atoms with Gasteiger partial charge in [0, 0.05) is 24.2 Å². The van der Waals surface area contributed by atoms with Gasteiger partial charge in [0.2, 0.25) is 5.91 Å². The normalized spacial score (nSPS) is 19.0. The van der Waals surface area contributed by atoms with Crippen LogP contribution in [-0.4, -0.2) is 41.3 Å². The second-order valence-electron chi connectivity index (χ2n) is 9.74. The molecular weight excluding hydrogens is 362 g/mol. The molecule has 5 nitrogen and oxygen atoms in total. The minimum atomic E-state index is -0.0830. The largest absolute Gasteiger partial charge is 0.352 e. The fraction of sp³-hybridized carbons (Fsp3) is 0.542. The SMILES string of the molecule is CN(CC(=O)NC1CC1)C(=O)c1c2c(nc3ccccc13)CCC(C(C)(C)C)C2. The Kier molecular flexibility index (Phi) is 5.09. The molecular formula is C24H31N3O2. The Labute approximate surface area is 172 Å². The molecule has 154 valence electrons. The zero-order chi connectivity index (χ0) is 20.8. The molecule has 0 saturated heterocycles. The second kappa shape index (κ2) is 7.43. The van der Waals surface area contributed by atoms with Crippen molar-refractivity contribution in [1.29, 1.82) is 0 Å². The Morgan fingerprint density at radius 1 is 1.17 bits per heavy atom. The first-order chi connectivity index (χ1) is 13.7. The number of hydrogen-bond acceptors (Lipinski definition) is 3. The Balaban J connectivity index is 1.71. The molecule has 1 aromatic heterocycles. The number of aromatic nitrogens is 1. The predicted octanol–water partition coefficient (Wildman–Crippen LogP) is 3.74. The number of nitrogens with zero attached hydrogens (tertiary/aromatic N) is 2. The smallest absolute Gasteiger partial charge is 0.255 e. The van der Waals surface area contributed by atoms with Gasteiger partial charge in [0.25, 0.3) is 5.91 Å². The number of amides is 2. The highest BCUT2D eigenvalue weighted by molar-refractivity contribution is 6.08. The van der Waals surface area contributed by atoms with Gasteiger partial charge in [-0.05, 0) is 55.1 Å². The summed E-state index contributed by atoms with van der Waals surface area (Å²) in [5.41, 5.74) is 3.90. The second-order valence-corrected chi connectivity index (χ2v) is 9.74. The third-order valence-electron chi connectivity index (χ3n) is 6.37. The highest BCUT2D eigenvalue weighted by Gasteiger charge is 2.33. The minimum Gasteiger partial charge on any atom is -0.352 e. The van der Waals surface area contributed by atoms with Gasteiger partial charge in [-0.15, -0.1) is 0 Å². The highest BCUT2D eigenvalue weighted by atomic mass is 16.2. The first-order valence-corrected chi connectivity index (χ1v) is 10.7. The van der Waals surface area contributed by atoms with Crippen molar-refractivity contribution in [1.82, 2.24) is 15.2 Å². The molecule has 0 aliphatic heterocycles. The van der Waals surface area contributed by atoms with Crippen molar-refractivity contribution in [2.45, 2.75) is 58.9 Å². The Bertz CT molecular complexity index is 956. The van der Waals surface area contributed by atoms with Crippen molar-refractivity contribution in [3.63, 3.8) is 0 Å². The van der Waals surface area contributed by atoms with E-state index in [9.17, 15) is 9.59 Å². The molecule has 1 fully saturated rings. The topological polar surface area (TPSA) is 62.3 Å². The van der Waals surface area contributed by atoms with Crippen LogP contribution in [0.5, 0.6) is 0 Å². The highest BCUT2D eigenvalue weighted by Crippen LogP contribution is 2.39. The maximum Gasteiger partial charge on any atom is 0.255 e. The van der Waals surface area contributed by atoms with Crippen molar-refractivity contribution in [2.75, 3.05) is 13.6 Å². The number of pyridine rings is 1. The molecule has 1 unspecified atom stereocenters. The van der Waals surface area contributed by atoms with E-state index in [0.29, 0.717) is 12.0 Å². The number of likely N-dealkylation sites (N-methyl/N-ethyl adjacent to an activating group) is 1. The van der Waals surface area contributed by atoms with Crippen molar-refractivity contribution in [3.8, 4) is 0 Å². The lowest BCUT2D eigenvalue weighted by Crippen LogP contribution is -2.40. The molecule has 2 aliphatic carbocycles. The number of benzene rings is 1. The van der Waals surface area contributed by atoms with Gasteiger partial charge in [-0.3, -0.25) is 14.6 Å². The van der Waals surface area contributed by atoms with Gasteiger partial charge in [0.05, 0.1) is 17.6 Å². The van der Waals surface area contributed by atoms with Crippen molar-refractivity contribution in [2.24, 2.45) is 11.3 Å². The van der Waals surface area contributed by atoms with Gasteiger partial charge in [-0.1, -0.05) is 39.0 Å². The molecule has 2 amide bonds. The van der Waals surface area contributed by atoms with Gasteiger partial charge in [0.15, 0.2) is 0 Å². The van der Waals surface area contributed by atoms with Gasteiger partial charge in [-0.25, -0.2) is 0 Å². The summed E-state index contributed by atoms with van der Waals surface area (Å²) in [6.07, 6.45) is 4.93. The summed E-state index contributed by atoms with van der Waals surface area (Å²) in [4.78, 5) is 32.2. The fourth-order valence-electron chi connectivity index (χ4n) is 4.35. The molecule has 4 rings (SSSR count). The first kappa shape index (κ1) is 19.9. The number of nitrogens with one attached hydrogen (secondary N) is 1. The summed E-state index contributed by atoms with van der Waals surface area (Å²) in [7, 11) is 1.72.